The molecule has 2 N–H and O–H groups in total. The number of carbonyl (C=O) groups is 2. The van der Waals surface area contributed by atoms with Crippen molar-refractivity contribution in [1.82, 2.24) is 5.32 Å². The zero-order valence-electron chi connectivity index (χ0n) is 8.49. The van der Waals surface area contributed by atoms with Crippen LogP contribution in [0.4, 0.5) is 0 Å². The van der Waals surface area contributed by atoms with Crippen molar-refractivity contribution in [3.05, 3.63) is 0 Å². The van der Waals surface area contributed by atoms with E-state index in [0.29, 0.717) is 19.4 Å². The molecule has 2 rings (SSSR count). The summed E-state index contributed by atoms with van der Waals surface area (Å²) < 4.78 is 5.31. The maximum absolute atomic E-state index is 11.5. The lowest BCUT2D eigenvalue weighted by atomic mass is 10.1. The van der Waals surface area contributed by atoms with Crippen LogP contribution in [-0.4, -0.2) is 35.2 Å². The minimum atomic E-state index is -0.963. The molecule has 5 nitrogen and oxygen atoms in total. The summed E-state index contributed by atoms with van der Waals surface area (Å²) in [4.78, 5) is 22.3. The molecule has 1 aliphatic carbocycles. The molecular formula is C10H15NO4. The lowest BCUT2D eigenvalue weighted by molar-refractivity contribution is -0.143. The Morgan fingerprint density at radius 1 is 1.47 bits per heavy atom. The molecule has 2 fully saturated rings. The second-order valence-corrected chi connectivity index (χ2v) is 4.27. The van der Waals surface area contributed by atoms with Gasteiger partial charge in [0.05, 0.1) is 12.5 Å². The van der Waals surface area contributed by atoms with Gasteiger partial charge >= 0.3 is 5.97 Å². The molecule has 0 bridgehead atoms. The Labute approximate surface area is 87.8 Å². The fraction of sp³-hybridized carbons (Fsp3) is 0.800. The second-order valence-electron chi connectivity index (χ2n) is 4.27. The first-order chi connectivity index (χ1) is 7.12. The van der Waals surface area contributed by atoms with Gasteiger partial charge in [0.2, 0.25) is 5.91 Å². The first-order valence-electron chi connectivity index (χ1n) is 5.28. The van der Waals surface area contributed by atoms with Crippen LogP contribution in [0, 0.1) is 0 Å². The topological polar surface area (TPSA) is 75.6 Å². The van der Waals surface area contributed by atoms with Gasteiger partial charge in [-0.05, 0) is 25.7 Å². The number of hydrogen-bond acceptors (Lipinski definition) is 3. The van der Waals surface area contributed by atoms with Gasteiger partial charge in [0.1, 0.15) is 5.54 Å². The van der Waals surface area contributed by atoms with E-state index in [-0.39, 0.29) is 18.4 Å². The van der Waals surface area contributed by atoms with Crippen molar-refractivity contribution in [2.24, 2.45) is 0 Å². The number of carbonyl (C=O) groups excluding carboxylic acids is 1. The number of carboxylic acids is 1. The maximum Gasteiger partial charge on any atom is 0.329 e. The highest BCUT2D eigenvalue weighted by molar-refractivity contribution is 5.89. The Morgan fingerprint density at radius 3 is 2.67 bits per heavy atom. The van der Waals surface area contributed by atoms with Gasteiger partial charge in [-0.15, -0.1) is 0 Å². The highest BCUT2D eigenvalue weighted by Crippen LogP contribution is 2.35. The first kappa shape index (κ1) is 10.4. The quantitative estimate of drug-likeness (QED) is 0.703. The van der Waals surface area contributed by atoms with Crippen LogP contribution in [0.25, 0.3) is 0 Å². The molecule has 1 saturated heterocycles. The normalized spacial score (nSPS) is 27.3. The summed E-state index contributed by atoms with van der Waals surface area (Å²) in [6.45, 7) is 0.710. The highest BCUT2D eigenvalue weighted by atomic mass is 16.5. The summed E-state index contributed by atoms with van der Waals surface area (Å²) in [7, 11) is 0. The van der Waals surface area contributed by atoms with Crippen LogP contribution in [0.1, 0.15) is 32.1 Å². The average Bonchev–Trinajstić information content (AvgIpc) is 2.75. The molecule has 84 valence electrons. The summed E-state index contributed by atoms with van der Waals surface area (Å²) >= 11 is 0. The molecule has 2 aliphatic rings. The van der Waals surface area contributed by atoms with Crippen molar-refractivity contribution in [2.45, 2.75) is 43.7 Å². The molecule has 15 heavy (non-hydrogen) atoms. The molecule has 5 heteroatoms. The monoisotopic (exact) mass is 213 g/mol. The molecule has 0 aromatic rings. The smallest absolute Gasteiger partial charge is 0.329 e. The predicted octanol–water partition coefficient (Wildman–Crippen LogP) is 0.289. The average molecular weight is 213 g/mol. The van der Waals surface area contributed by atoms with Crippen LogP contribution in [0.3, 0.4) is 0 Å². The molecule has 0 aromatic carbocycles. The third-order valence-electron chi connectivity index (χ3n) is 2.98. The van der Waals surface area contributed by atoms with Crippen LogP contribution >= 0.6 is 0 Å². The van der Waals surface area contributed by atoms with Crippen LogP contribution in [0.5, 0.6) is 0 Å². The molecule has 1 heterocycles. The standard InChI is InChI=1S/C10H15NO4/c12-8(6-7-2-1-5-15-7)11-10(3-4-10)9(13)14/h7H,1-6H2,(H,11,12)(H,13,14). The van der Waals surface area contributed by atoms with Crippen molar-refractivity contribution < 1.29 is 19.4 Å². The van der Waals surface area contributed by atoms with Gasteiger partial charge in [-0.1, -0.05) is 0 Å². The number of aliphatic carboxylic acids is 1. The van der Waals surface area contributed by atoms with Gasteiger partial charge in [0, 0.05) is 6.61 Å². The van der Waals surface area contributed by atoms with Gasteiger partial charge in [0.15, 0.2) is 0 Å². The van der Waals surface area contributed by atoms with Gasteiger partial charge < -0.3 is 15.2 Å². The molecule has 0 radical (unpaired) electrons. The van der Waals surface area contributed by atoms with Crippen molar-refractivity contribution in [2.75, 3.05) is 6.61 Å². The SMILES string of the molecule is O=C(CC1CCCO1)NC1(C(=O)O)CC1. The zero-order chi connectivity index (χ0) is 10.9. The van der Waals surface area contributed by atoms with E-state index >= 15 is 0 Å². The number of rotatable bonds is 4. The second kappa shape index (κ2) is 3.81. The predicted molar refractivity (Wildman–Crippen MR) is 51.3 cm³/mol. The lowest BCUT2D eigenvalue weighted by Gasteiger charge is -2.14. The Bertz CT molecular complexity index is 279. The van der Waals surface area contributed by atoms with Crippen LogP contribution in [0.15, 0.2) is 0 Å². The van der Waals surface area contributed by atoms with E-state index < -0.39 is 11.5 Å². The van der Waals surface area contributed by atoms with Crippen molar-refractivity contribution in [3.63, 3.8) is 0 Å². The van der Waals surface area contributed by atoms with Crippen LogP contribution in [-0.2, 0) is 14.3 Å². The highest BCUT2D eigenvalue weighted by Gasteiger charge is 2.51. The fourth-order valence-corrected chi connectivity index (χ4v) is 1.85. The number of hydrogen-bond donors (Lipinski definition) is 2. The Morgan fingerprint density at radius 2 is 2.20 bits per heavy atom. The van der Waals surface area contributed by atoms with Crippen molar-refractivity contribution >= 4 is 11.9 Å². The zero-order valence-corrected chi connectivity index (χ0v) is 8.49. The Hall–Kier alpha value is -1.10. The molecular weight excluding hydrogens is 198 g/mol. The fourth-order valence-electron chi connectivity index (χ4n) is 1.85. The first-order valence-corrected chi connectivity index (χ1v) is 5.28. The van der Waals surface area contributed by atoms with E-state index in [2.05, 4.69) is 5.32 Å². The van der Waals surface area contributed by atoms with E-state index in [1.54, 1.807) is 0 Å². The Balaban J connectivity index is 1.79. The van der Waals surface area contributed by atoms with Crippen molar-refractivity contribution in [1.29, 1.82) is 0 Å². The number of amides is 1. The van der Waals surface area contributed by atoms with E-state index in [1.807, 2.05) is 0 Å². The molecule has 0 aromatic heterocycles. The number of carboxylic acid groups (broad SMARTS) is 1. The van der Waals surface area contributed by atoms with Gasteiger partial charge in [-0.25, -0.2) is 4.79 Å². The summed E-state index contributed by atoms with van der Waals surface area (Å²) in [5.41, 5.74) is -0.963. The van der Waals surface area contributed by atoms with Gasteiger partial charge in [-0.2, -0.15) is 0 Å². The molecule has 0 spiro atoms. The summed E-state index contributed by atoms with van der Waals surface area (Å²) in [5.74, 6) is -1.13. The van der Waals surface area contributed by atoms with Gasteiger partial charge in [-0.3, -0.25) is 4.79 Å². The number of ether oxygens (including phenoxy) is 1. The molecule has 1 atom stereocenters. The van der Waals surface area contributed by atoms with E-state index in [4.69, 9.17) is 9.84 Å². The van der Waals surface area contributed by atoms with E-state index in [0.717, 1.165) is 12.8 Å². The molecule has 1 unspecified atom stereocenters. The third kappa shape index (κ3) is 2.28. The summed E-state index contributed by atoms with van der Waals surface area (Å²) in [6, 6.07) is 0. The molecule has 1 saturated carbocycles. The van der Waals surface area contributed by atoms with Crippen molar-refractivity contribution in [3.8, 4) is 0 Å². The van der Waals surface area contributed by atoms with Crippen LogP contribution < -0.4 is 5.32 Å². The largest absolute Gasteiger partial charge is 0.480 e. The van der Waals surface area contributed by atoms with Gasteiger partial charge in [0.25, 0.3) is 0 Å². The minimum absolute atomic E-state index is 0.0189. The lowest BCUT2D eigenvalue weighted by Crippen LogP contribution is -2.44. The summed E-state index contributed by atoms with van der Waals surface area (Å²) in [6.07, 6.45) is 3.23. The molecule has 1 amide bonds. The molecule has 1 aliphatic heterocycles. The maximum atomic E-state index is 11.5. The number of nitrogens with one attached hydrogen (secondary N) is 1. The van der Waals surface area contributed by atoms with E-state index in [1.165, 1.54) is 0 Å². The van der Waals surface area contributed by atoms with E-state index in [9.17, 15) is 9.59 Å². The minimum Gasteiger partial charge on any atom is -0.480 e. The third-order valence-corrected chi connectivity index (χ3v) is 2.98. The summed E-state index contributed by atoms with van der Waals surface area (Å²) in [5, 5.41) is 11.4. The Kier molecular flexibility index (Phi) is 2.65. The van der Waals surface area contributed by atoms with Crippen LogP contribution in [0.2, 0.25) is 0 Å².